The van der Waals surface area contributed by atoms with Crippen molar-refractivity contribution < 1.29 is 14.3 Å². The molecule has 3 amide bonds. The van der Waals surface area contributed by atoms with Gasteiger partial charge in [0.2, 0.25) is 0 Å². The number of morpholine rings is 1. The van der Waals surface area contributed by atoms with Crippen LogP contribution in [0.1, 0.15) is 10.4 Å². The Morgan fingerprint density at radius 3 is 2.11 bits per heavy atom. The second-order valence-corrected chi connectivity index (χ2v) is 12.3. The van der Waals surface area contributed by atoms with Crippen LogP contribution in [-0.2, 0) is 4.74 Å². The largest absolute Gasteiger partial charge is 0.378 e. The van der Waals surface area contributed by atoms with E-state index in [0.717, 1.165) is 67.1 Å². The van der Waals surface area contributed by atoms with Gasteiger partial charge in [0.25, 0.3) is 5.91 Å². The van der Waals surface area contributed by atoms with Gasteiger partial charge in [0.1, 0.15) is 5.82 Å². The Morgan fingerprint density at radius 2 is 1.43 bits per heavy atom. The number of carbonyl (C=O) groups is 2. The van der Waals surface area contributed by atoms with E-state index in [1.165, 1.54) is 5.56 Å². The van der Waals surface area contributed by atoms with Crippen molar-refractivity contribution in [2.45, 2.75) is 0 Å². The van der Waals surface area contributed by atoms with E-state index in [1.807, 2.05) is 29.2 Å². The normalized spacial score (nSPS) is 15.6. The summed E-state index contributed by atoms with van der Waals surface area (Å²) >= 11 is 1.67. The van der Waals surface area contributed by atoms with Gasteiger partial charge < -0.3 is 30.1 Å². The molecule has 0 unspecified atom stereocenters. The monoisotopic (exact) mass is 633 g/mol. The van der Waals surface area contributed by atoms with Gasteiger partial charge in [-0.15, -0.1) is 0 Å². The molecule has 2 fully saturated rings. The third-order valence-electron chi connectivity index (χ3n) is 8.42. The standard InChI is InChI=1S/C35H35N7O3S/c1-40-13-15-42(16-14-40)34(43)25-4-9-29(10-5-25)37-35(44)36-28-7-2-24(3-8-28)32-38-31-22-26(27-12-21-46-23-27)6-11-30(31)33(39-32)41-17-19-45-20-18-41/h2-12,21-23H,13-20H2,1H3,(H2,36,37,44). The van der Waals surface area contributed by atoms with Gasteiger partial charge in [-0.1, -0.05) is 6.07 Å². The quantitative estimate of drug-likeness (QED) is 0.240. The van der Waals surface area contributed by atoms with Crippen LogP contribution in [0.25, 0.3) is 33.4 Å². The molecular weight excluding hydrogens is 598 g/mol. The summed E-state index contributed by atoms with van der Waals surface area (Å²) in [5.74, 6) is 1.54. The van der Waals surface area contributed by atoms with Gasteiger partial charge in [0.15, 0.2) is 5.82 Å². The second kappa shape index (κ2) is 13.3. The fourth-order valence-corrected chi connectivity index (χ4v) is 6.42. The number of anilines is 3. The van der Waals surface area contributed by atoms with Crippen molar-refractivity contribution in [2.24, 2.45) is 0 Å². The Balaban J connectivity index is 1.05. The van der Waals surface area contributed by atoms with Gasteiger partial charge >= 0.3 is 6.03 Å². The number of piperazine rings is 1. The van der Waals surface area contributed by atoms with Crippen LogP contribution < -0.4 is 15.5 Å². The maximum absolute atomic E-state index is 12.8. The number of thiophene rings is 1. The molecule has 11 heteroatoms. The van der Waals surface area contributed by atoms with Gasteiger partial charge in [-0.3, -0.25) is 4.79 Å². The number of likely N-dealkylation sites (N-methyl/N-ethyl adjacent to an activating group) is 1. The first-order valence-electron chi connectivity index (χ1n) is 15.4. The highest BCUT2D eigenvalue weighted by Crippen LogP contribution is 2.32. The van der Waals surface area contributed by atoms with Crippen molar-refractivity contribution in [1.82, 2.24) is 19.8 Å². The van der Waals surface area contributed by atoms with Gasteiger partial charge in [-0.2, -0.15) is 11.3 Å². The van der Waals surface area contributed by atoms with E-state index in [9.17, 15) is 9.59 Å². The number of hydrogen-bond acceptors (Lipinski definition) is 8. The number of aromatic nitrogens is 2. The predicted molar refractivity (Wildman–Crippen MR) is 184 cm³/mol. The Hall–Kier alpha value is -4.84. The number of carbonyl (C=O) groups excluding carboxylic acids is 2. The van der Waals surface area contributed by atoms with Crippen LogP contribution in [0.3, 0.4) is 0 Å². The number of hydrogen-bond donors (Lipinski definition) is 2. The summed E-state index contributed by atoms with van der Waals surface area (Å²) in [5, 5.41) is 11.0. The molecule has 4 heterocycles. The summed E-state index contributed by atoms with van der Waals surface area (Å²) in [6.07, 6.45) is 0. The molecule has 0 aliphatic carbocycles. The molecule has 10 nitrogen and oxygen atoms in total. The number of ether oxygens (including phenoxy) is 1. The summed E-state index contributed by atoms with van der Waals surface area (Å²) in [7, 11) is 2.06. The lowest BCUT2D eigenvalue weighted by molar-refractivity contribution is 0.0664. The summed E-state index contributed by atoms with van der Waals surface area (Å²) in [4.78, 5) is 42.0. The summed E-state index contributed by atoms with van der Waals surface area (Å²) in [6, 6.07) is 22.6. The molecule has 234 valence electrons. The molecule has 0 atom stereocenters. The van der Waals surface area contributed by atoms with Crippen LogP contribution >= 0.6 is 11.3 Å². The number of amides is 3. The summed E-state index contributed by atoms with van der Waals surface area (Å²) < 4.78 is 5.60. The highest BCUT2D eigenvalue weighted by molar-refractivity contribution is 7.08. The Bertz CT molecular complexity index is 1830. The number of urea groups is 1. The van der Waals surface area contributed by atoms with E-state index in [2.05, 4.69) is 62.5 Å². The van der Waals surface area contributed by atoms with Crippen LogP contribution in [-0.4, -0.2) is 91.2 Å². The Morgan fingerprint density at radius 1 is 0.761 bits per heavy atom. The van der Waals surface area contributed by atoms with Crippen molar-refractivity contribution in [3.05, 3.63) is 89.1 Å². The zero-order valence-corrected chi connectivity index (χ0v) is 26.4. The van der Waals surface area contributed by atoms with Gasteiger partial charge in [0, 0.05) is 67.2 Å². The molecule has 2 aromatic heterocycles. The van der Waals surface area contributed by atoms with Gasteiger partial charge in [-0.25, -0.2) is 14.8 Å². The molecule has 3 aromatic carbocycles. The fraction of sp³-hybridized carbons (Fsp3) is 0.257. The zero-order chi connectivity index (χ0) is 31.5. The van der Waals surface area contributed by atoms with Crippen molar-refractivity contribution in [1.29, 1.82) is 0 Å². The highest BCUT2D eigenvalue weighted by atomic mass is 32.1. The van der Waals surface area contributed by atoms with Crippen LogP contribution in [0.2, 0.25) is 0 Å². The first-order valence-corrected chi connectivity index (χ1v) is 16.4. The molecule has 0 radical (unpaired) electrons. The Kier molecular flexibility index (Phi) is 8.60. The lowest BCUT2D eigenvalue weighted by atomic mass is 10.1. The van der Waals surface area contributed by atoms with E-state index in [4.69, 9.17) is 14.7 Å². The van der Waals surface area contributed by atoms with Crippen LogP contribution in [0.15, 0.2) is 83.6 Å². The fourth-order valence-electron chi connectivity index (χ4n) is 5.75. The van der Waals surface area contributed by atoms with E-state index in [-0.39, 0.29) is 11.9 Å². The third kappa shape index (κ3) is 6.57. The maximum atomic E-state index is 12.8. The maximum Gasteiger partial charge on any atom is 0.323 e. The summed E-state index contributed by atoms with van der Waals surface area (Å²) in [5.41, 5.74) is 5.87. The molecule has 5 aromatic rings. The zero-order valence-electron chi connectivity index (χ0n) is 25.6. The summed E-state index contributed by atoms with van der Waals surface area (Å²) in [6.45, 7) is 6.03. The third-order valence-corrected chi connectivity index (χ3v) is 9.11. The van der Waals surface area contributed by atoms with E-state index in [1.54, 1.807) is 35.6 Å². The SMILES string of the molecule is CN1CCN(C(=O)c2ccc(NC(=O)Nc3ccc(-c4nc(N5CCOCC5)c5ccc(-c6ccsc6)cc5n4)cc3)cc2)CC1. The molecule has 0 saturated carbocycles. The van der Waals surface area contributed by atoms with Crippen molar-refractivity contribution in [2.75, 3.05) is 75.1 Å². The smallest absolute Gasteiger partial charge is 0.323 e. The van der Waals surface area contributed by atoms with Crippen LogP contribution in [0, 0.1) is 0 Å². The number of nitrogens with zero attached hydrogens (tertiary/aromatic N) is 5. The number of rotatable bonds is 6. The van der Waals surface area contributed by atoms with Crippen LogP contribution in [0.5, 0.6) is 0 Å². The van der Waals surface area contributed by atoms with Gasteiger partial charge in [0.05, 0.1) is 18.7 Å². The Labute approximate surface area is 271 Å². The second-order valence-electron chi connectivity index (χ2n) is 11.5. The average Bonchev–Trinajstić information content (AvgIpc) is 3.64. The molecule has 7 rings (SSSR count). The van der Waals surface area contributed by atoms with Crippen molar-refractivity contribution in [3.8, 4) is 22.5 Å². The minimum Gasteiger partial charge on any atom is -0.378 e. The molecule has 0 spiro atoms. The molecule has 0 bridgehead atoms. The van der Waals surface area contributed by atoms with Gasteiger partial charge in [-0.05, 0) is 95.7 Å². The van der Waals surface area contributed by atoms with Crippen LogP contribution in [0.4, 0.5) is 22.0 Å². The lowest BCUT2D eigenvalue weighted by Gasteiger charge is -2.32. The number of benzene rings is 3. The molecule has 2 aliphatic rings. The molecule has 2 saturated heterocycles. The molecule has 2 N–H and O–H groups in total. The van der Waals surface area contributed by atoms with Crippen molar-refractivity contribution in [3.63, 3.8) is 0 Å². The molecular formula is C35H35N7O3S. The topological polar surface area (TPSA) is 103 Å². The predicted octanol–water partition coefficient (Wildman–Crippen LogP) is 5.89. The minimum absolute atomic E-state index is 0.0135. The first-order chi connectivity index (χ1) is 22.5. The minimum atomic E-state index is -0.372. The number of fused-ring (bicyclic) bond motifs is 1. The lowest BCUT2D eigenvalue weighted by Crippen LogP contribution is -2.47. The number of nitrogens with one attached hydrogen (secondary N) is 2. The first kappa shape index (κ1) is 29.8. The highest BCUT2D eigenvalue weighted by Gasteiger charge is 2.21. The van der Waals surface area contributed by atoms with E-state index >= 15 is 0 Å². The average molecular weight is 634 g/mol. The van der Waals surface area contributed by atoms with Crippen molar-refractivity contribution >= 4 is 51.4 Å². The van der Waals surface area contributed by atoms with E-state index in [0.29, 0.717) is 36.0 Å². The molecule has 46 heavy (non-hydrogen) atoms. The molecule has 2 aliphatic heterocycles. The van der Waals surface area contributed by atoms with E-state index < -0.39 is 0 Å².